The molecule has 2 aliphatic rings. The first-order chi connectivity index (χ1) is 13.0. The molecule has 0 unspecified atom stereocenters. The molecule has 2 atom stereocenters. The van der Waals surface area contributed by atoms with Gasteiger partial charge in [0.15, 0.2) is 0 Å². The number of hydrogen-bond donors (Lipinski definition) is 1. The van der Waals surface area contributed by atoms with Gasteiger partial charge in [-0.05, 0) is 24.1 Å². The van der Waals surface area contributed by atoms with Gasteiger partial charge in [0.2, 0.25) is 15.9 Å². The minimum absolute atomic E-state index is 0.0564. The molecule has 2 aromatic carbocycles. The number of carbonyl (C=O) groups excluding carboxylic acids is 1. The number of ether oxygens (including phenoxy) is 1. The molecule has 1 saturated heterocycles. The number of nitrogens with one attached hydrogen (secondary N) is 1. The molecule has 6 nitrogen and oxygen atoms in total. The predicted octanol–water partition coefficient (Wildman–Crippen LogP) is 1.96. The van der Waals surface area contributed by atoms with Crippen LogP contribution >= 0.6 is 0 Å². The highest BCUT2D eigenvalue weighted by atomic mass is 32.2. The largest absolute Gasteiger partial charge is 0.487 e. The van der Waals surface area contributed by atoms with E-state index >= 15 is 0 Å². The van der Waals surface area contributed by atoms with Crippen molar-refractivity contribution in [3.05, 3.63) is 60.2 Å². The number of amides is 1. The van der Waals surface area contributed by atoms with E-state index in [1.54, 1.807) is 24.3 Å². The summed E-state index contributed by atoms with van der Waals surface area (Å²) in [4.78, 5) is 14.7. The molecule has 0 radical (unpaired) electrons. The fraction of sp³-hybridized carbons (Fsp3) is 0.350. The Bertz CT molecular complexity index is 930. The number of rotatable bonds is 2. The molecule has 2 aromatic rings. The van der Waals surface area contributed by atoms with Crippen molar-refractivity contribution in [2.24, 2.45) is 0 Å². The maximum atomic E-state index is 12.7. The number of para-hydroxylation sites is 1. The number of benzene rings is 2. The third-order valence-corrected chi connectivity index (χ3v) is 6.65. The molecule has 7 heteroatoms. The quantitative estimate of drug-likeness (QED) is 0.856. The lowest BCUT2D eigenvalue weighted by molar-refractivity contribution is -0.130. The lowest BCUT2D eigenvalue weighted by Gasteiger charge is -2.22. The van der Waals surface area contributed by atoms with Crippen LogP contribution in [-0.2, 0) is 21.2 Å². The topological polar surface area (TPSA) is 75.7 Å². The van der Waals surface area contributed by atoms with Crippen molar-refractivity contribution >= 4 is 15.9 Å². The standard InChI is InChI=1S/C20H22N2O4S/c23-20(14-15-6-2-1-3-7-15)22-12-10-16-17(11-13-22)26-18-8-4-5-9-19(18)27(24,25)21-16/h1-9,16-17,21H,10-14H2/t16-,17-/m0/s1. The van der Waals surface area contributed by atoms with Gasteiger partial charge in [-0.25, -0.2) is 13.1 Å². The Hall–Kier alpha value is -2.38. The highest BCUT2D eigenvalue weighted by molar-refractivity contribution is 7.89. The molecule has 2 heterocycles. The van der Waals surface area contributed by atoms with Crippen LogP contribution in [0.4, 0.5) is 0 Å². The lowest BCUT2D eigenvalue weighted by Crippen LogP contribution is -2.43. The average Bonchev–Trinajstić information content (AvgIpc) is 2.91. The summed E-state index contributed by atoms with van der Waals surface area (Å²) in [5.41, 5.74) is 0.979. The molecule has 0 bridgehead atoms. The van der Waals surface area contributed by atoms with Gasteiger partial charge < -0.3 is 9.64 Å². The summed E-state index contributed by atoms with van der Waals surface area (Å²) >= 11 is 0. The zero-order valence-electron chi connectivity index (χ0n) is 14.9. The fourth-order valence-corrected chi connectivity index (χ4v) is 5.11. The first-order valence-electron chi connectivity index (χ1n) is 9.13. The highest BCUT2D eigenvalue weighted by Crippen LogP contribution is 2.31. The number of sulfonamides is 1. The monoisotopic (exact) mass is 386 g/mol. The van der Waals surface area contributed by atoms with Crippen molar-refractivity contribution in [3.63, 3.8) is 0 Å². The van der Waals surface area contributed by atoms with Crippen LogP contribution in [0, 0.1) is 0 Å². The van der Waals surface area contributed by atoms with E-state index in [0.29, 0.717) is 38.1 Å². The second-order valence-electron chi connectivity index (χ2n) is 6.95. The number of hydrogen-bond acceptors (Lipinski definition) is 4. The lowest BCUT2D eigenvalue weighted by atomic mass is 10.1. The van der Waals surface area contributed by atoms with Crippen LogP contribution in [-0.4, -0.2) is 44.5 Å². The Morgan fingerprint density at radius 3 is 2.56 bits per heavy atom. The predicted molar refractivity (Wildman–Crippen MR) is 101 cm³/mol. The van der Waals surface area contributed by atoms with E-state index in [9.17, 15) is 13.2 Å². The maximum absolute atomic E-state index is 12.7. The van der Waals surface area contributed by atoms with Gasteiger partial charge in [0.05, 0.1) is 12.5 Å². The summed E-state index contributed by atoms with van der Waals surface area (Å²) in [6.07, 6.45) is 1.17. The van der Waals surface area contributed by atoms with E-state index in [0.717, 1.165) is 5.56 Å². The Kier molecular flexibility index (Phi) is 4.88. The summed E-state index contributed by atoms with van der Waals surface area (Å²) in [5, 5.41) is 0. The van der Waals surface area contributed by atoms with Crippen molar-refractivity contribution in [3.8, 4) is 5.75 Å². The SMILES string of the molecule is O=C(Cc1ccccc1)N1CC[C@@H]2NS(=O)(=O)c3ccccc3O[C@H]2CC1. The van der Waals surface area contributed by atoms with Crippen LogP contribution in [0.2, 0.25) is 0 Å². The van der Waals surface area contributed by atoms with Gasteiger partial charge in [0.1, 0.15) is 16.7 Å². The molecule has 27 heavy (non-hydrogen) atoms. The minimum atomic E-state index is -3.63. The number of fused-ring (bicyclic) bond motifs is 2. The van der Waals surface area contributed by atoms with Crippen LogP contribution in [0.5, 0.6) is 5.75 Å². The molecule has 142 valence electrons. The first kappa shape index (κ1) is 18.0. The van der Waals surface area contributed by atoms with Gasteiger partial charge in [-0.15, -0.1) is 0 Å². The van der Waals surface area contributed by atoms with Crippen molar-refractivity contribution in [2.75, 3.05) is 13.1 Å². The number of likely N-dealkylation sites (tertiary alicyclic amines) is 1. The van der Waals surface area contributed by atoms with Gasteiger partial charge >= 0.3 is 0 Å². The maximum Gasteiger partial charge on any atom is 0.244 e. The molecule has 2 aliphatic heterocycles. The van der Waals surface area contributed by atoms with Crippen molar-refractivity contribution in [2.45, 2.75) is 36.3 Å². The Morgan fingerprint density at radius 1 is 1.04 bits per heavy atom. The van der Waals surface area contributed by atoms with Crippen molar-refractivity contribution in [1.82, 2.24) is 9.62 Å². The summed E-state index contributed by atoms with van der Waals surface area (Å²) < 4.78 is 34.1. The van der Waals surface area contributed by atoms with Gasteiger partial charge in [-0.1, -0.05) is 42.5 Å². The van der Waals surface area contributed by atoms with Crippen LogP contribution in [0.1, 0.15) is 18.4 Å². The summed E-state index contributed by atoms with van der Waals surface area (Å²) in [6.45, 7) is 1.06. The zero-order valence-corrected chi connectivity index (χ0v) is 15.7. The van der Waals surface area contributed by atoms with Gasteiger partial charge in [0.25, 0.3) is 0 Å². The number of carbonyl (C=O) groups is 1. The summed E-state index contributed by atoms with van der Waals surface area (Å²) in [5.74, 6) is 0.433. The molecule has 4 rings (SSSR count). The Balaban J connectivity index is 1.50. The van der Waals surface area contributed by atoms with E-state index in [2.05, 4.69) is 4.72 Å². The minimum Gasteiger partial charge on any atom is -0.487 e. The third-order valence-electron chi connectivity index (χ3n) is 5.12. The van der Waals surface area contributed by atoms with E-state index in [4.69, 9.17) is 4.74 Å². The molecule has 1 N–H and O–H groups in total. The van der Waals surface area contributed by atoms with Gasteiger partial charge in [-0.3, -0.25) is 4.79 Å². The smallest absolute Gasteiger partial charge is 0.244 e. The van der Waals surface area contributed by atoms with Gasteiger partial charge in [-0.2, -0.15) is 0 Å². The van der Waals surface area contributed by atoms with E-state index in [-0.39, 0.29) is 22.9 Å². The Morgan fingerprint density at radius 2 is 1.74 bits per heavy atom. The molecule has 1 fully saturated rings. The second-order valence-corrected chi connectivity index (χ2v) is 8.63. The van der Waals surface area contributed by atoms with Crippen molar-refractivity contribution < 1.29 is 17.9 Å². The molecule has 0 aromatic heterocycles. The van der Waals surface area contributed by atoms with Crippen LogP contribution in [0.3, 0.4) is 0 Å². The summed E-state index contributed by atoms with van der Waals surface area (Å²) in [7, 11) is -3.63. The molecule has 0 saturated carbocycles. The third kappa shape index (κ3) is 3.84. The normalized spacial score (nSPS) is 23.9. The van der Waals surface area contributed by atoms with Crippen molar-refractivity contribution in [1.29, 1.82) is 0 Å². The number of nitrogens with zero attached hydrogens (tertiary/aromatic N) is 1. The average molecular weight is 386 g/mol. The first-order valence-corrected chi connectivity index (χ1v) is 10.6. The zero-order chi connectivity index (χ0) is 18.9. The molecular weight excluding hydrogens is 364 g/mol. The van der Waals surface area contributed by atoms with E-state index in [1.807, 2.05) is 35.2 Å². The Labute approximate surface area is 159 Å². The highest BCUT2D eigenvalue weighted by Gasteiger charge is 2.37. The molecule has 1 amide bonds. The van der Waals surface area contributed by atoms with Crippen LogP contribution < -0.4 is 9.46 Å². The van der Waals surface area contributed by atoms with E-state index < -0.39 is 10.0 Å². The molecule has 0 spiro atoms. The van der Waals surface area contributed by atoms with Crippen LogP contribution in [0.25, 0.3) is 0 Å². The second kappa shape index (κ2) is 7.32. The van der Waals surface area contributed by atoms with Gasteiger partial charge in [0, 0.05) is 19.5 Å². The fourth-order valence-electron chi connectivity index (χ4n) is 3.68. The van der Waals surface area contributed by atoms with E-state index in [1.165, 1.54) is 0 Å². The molecule has 0 aliphatic carbocycles. The van der Waals surface area contributed by atoms with Crippen LogP contribution in [0.15, 0.2) is 59.5 Å². The molecular formula is C20H22N2O4S. The summed E-state index contributed by atoms with van der Waals surface area (Å²) in [6, 6.07) is 16.0.